The Hall–Kier alpha value is -1.78. The molecule has 0 unspecified atom stereocenters. The summed E-state index contributed by atoms with van der Waals surface area (Å²) in [5.41, 5.74) is 0.583. The van der Waals surface area contributed by atoms with Crippen LogP contribution in [0.1, 0.15) is 92.9 Å². The Kier molecular flexibility index (Phi) is 10.7. The first-order valence-electron chi connectivity index (χ1n) is 9.68. The maximum atomic E-state index is 12.0. The quantitative estimate of drug-likeness (QED) is 0.371. The van der Waals surface area contributed by atoms with E-state index in [1.54, 1.807) is 26.2 Å². The molecule has 1 aromatic heterocycles. The van der Waals surface area contributed by atoms with Crippen molar-refractivity contribution in [2.45, 2.75) is 78.7 Å². The maximum Gasteiger partial charge on any atom is 0.340 e. The summed E-state index contributed by atoms with van der Waals surface area (Å²) in [6, 6.07) is 0. The summed E-state index contributed by atoms with van der Waals surface area (Å²) in [6.07, 6.45) is 13.4. The van der Waals surface area contributed by atoms with Crippen LogP contribution in [0.2, 0.25) is 0 Å². The van der Waals surface area contributed by atoms with Gasteiger partial charge in [-0.05, 0) is 20.3 Å². The van der Waals surface area contributed by atoms with E-state index in [-0.39, 0.29) is 13.2 Å². The number of rotatable bonds is 13. The van der Waals surface area contributed by atoms with E-state index in [0.717, 1.165) is 19.4 Å². The van der Waals surface area contributed by atoms with E-state index in [1.165, 1.54) is 38.5 Å². The van der Waals surface area contributed by atoms with Crippen molar-refractivity contribution >= 4 is 11.9 Å². The molecule has 25 heavy (non-hydrogen) atoms. The van der Waals surface area contributed by atoms with Crippen molar-refractivity contribution in [3.8, 4) is 0 Å². The second-order valence-corrected chi connectivity index (χ2v) is 6.24. The smallest absolute Gasteiger partial charge is 0.340 e. The molecule has 1 aromatic rings. The summed E-state index contributed by atoms with van der Waals surface area (Å²) in [5.74, 6) is -0.944. The fourth-order valence-electron chi connectivity index (χ4n) is 2.81. The largest absolute Gasteiger partial charge is 0.462 e. The highest BCUT2D eigenvalue weighted by atomic mass is 16.5. The average molecular weight is 351 g/mol. The summed E-state index contributed by atoms with van der Waals surface area (Å²) in [7, 11) is 0. The number of carbonyl (C=O) groups excluding carboxylic acids is 2. The lowest BCUT2D eigenvalue weighted by atomic mass is 10.1. The zero-order valence-corrected chi connectivity index (χ0v) is 16.0. The number of nitrogens with zero attached hydrogens (tertiary/aromatic N) is 1. The molecule has 0 atom stereocenters. The molecule has 0 amide bonds. The van der Waals surface area contributed by atoms with Crippen molar-refractivity contribution in [2.24, 2.45) is 0 Å². The number of aromatic nitrogens is 1. The van der Waals surface area contributed by atoms with Crippen LogP contribution in [0.5, 0.6) is 0 Å². The zero-order valence-electron chi connectivity index (χ0n) is 16.0. The van der Waals surface area contributed by atoms with Gasteiger partial charge in [0.25, 0.3) is 0 Å². The second kappa shape index (κ2) is 12.6. The third kappa shape index (κ3) is 7.76. The van der Waals surface area contributed by atoms with Crippen LogP contribution in [-0.2, 0) is 16.0 Å². The Balaban J connectivity index is 2.52. The van der Waals surface area contributed by atoms with Crippen molar-refractivity contribution in [1.29, 1.82) is 0 Å². The minimum atomic E-state index is -0.472. The predicted octanol–water partition coefficient (Wildman–Crippen LogP) is 4.98. The minimum absolute atomic E-state index is 0.282. The van der Waals surface area contributed by atoms with Gasteiger partial charge in [-0.3, -0.25) is 0 Å². The molecule has 0 bridgehead atoms. The fourth-order valence-corrected chi connectivity index (χ4v) is 2.81. The number of esters is 2. The van der Waals surface area contributed by atoms with E-state index < -0.39 is 11.9 Å². The van der Waals surface area contributed by atoms with Crippen LogP contribution < -0.4 is 0 Å². The molecule has 142 valence electrons. The predicted molar refractivity (Wildman–Crippen MR) is 99.0 cm³/mol. The van der Waals surface area contributed by atoms with Crippen molar-refractivity contribution in [3.05, 3.63) is 23.5 Å². The Morgan fingerprint density at radius 3 is 1.64 bits per heavy atom. The standard InChI is InChI=1S/C20H33NO4/c1-4-7-8-9-10-11-12-13-14-21-15-17(19(22)24-5-2)18(16-21)20(23)25-6-3/h15-16H,4-14H2,1-3H3. The molecule has 0 aliphatic carbocycles. The Morgan fingerprint density at radius 2 is 1.20 bits per heavy atom. The zero-order chi connectivity index (χ0) is 18.5. The van der Waals surface area contributed by atoms with Gasteiger partial charge in [0.15, 0.2) is 0 Å². The summed E-state index contributed by atoms with van der Waals surface area (Å²) in [4.78, 5) is 24.1. The van der Waals surface area contributed by atoms with E-state index in [9.17, 15) is 9.59 Å². The minimum Gasteiger partial charge on any atom is -0.462 e. The van der Waals surface area contributed by atoms with E-state index >= 15 is 0 Å². The van der Waals surface area contributed by atoms with Gasteiger partial charge in [-0.1, -0.05) is 51.9 Å². The number of ether oxygens (including phenoxy) is 2. The Bertz CT molecular complexity index is 486. The van der Waals surface area contributed by atoms with Crippen molar-refractivity contribution in [3.63, 3.8) is 0 Å². The molecule has 0 spiro atoms. The third-order valence-electron chi connectivity index (χ3n) is 4.14. The van der Waals surface area contributed by atoms with Crippen LogP contribution in [0.25, 0.3) is 0 Å². The molecule has 0 saturated carbocycles. The van der Waals surface area contributed by atoms with Crippen LogP contribution >= 0.6 is 0 Å². The summed E-state index contributed by atoms with van der Waals surface area (Å²) < 4.78 is 12.0. The van der Waals surface area contributed by atoms with Gasteiger partial charge in [-0.2, -0.15) is 0 Å². The van der Waals surface area contributed by atoms with Crippen LogP contribution in [0.4, 0.5) is 0 Å². The topological polar surface area (TPSA) is 57.5 Å². The van der Waals surface area contributed by atoms with Gasteiger partial charge in [0.1, 0.15) is 0 Å². The molecule has 5 heteroatoms. The summed E-state index contributed by atoms with van der Waals surface area (Å²) in [5, 5.41) is 0. The van der Waals surface area contributed by atoms with Crippen LogP contribution in [-0.4, -0.2) is 29.7 Å². The van der Waals surface area contributed by atoms with Gasteiger partial charge >= 0.3 is 11.9 Å². The first kappa shape index (κ1) is 21.3. The molecule has 0 aliphatic heterocycles. The van der Waals surface area contributed by atoms with Gasteiger partial charge < -0.3 is 14.0 Å². The lowest BCUT2D eigenvalue weighted by Gasteiger charge is -2.03. The molecular formula is C20H33NO4. The SMILES string of the molecule is CCCCCCCCCCn1cc(C(=O)OCC)c(C(=O)OCC)c1. The number of hydrogen-bond donors (Lipinski definition) is 0. The molecule has 1 rings (SSSR count). The van der Waals surface area contributed by atoms with Gasteiger partial charge in [-0.25, -0.2) is 9.59 Å². The molecule has 0 fully saturated rings. The van der Waals surface area contributed by atoms with Gasteiger partial charge in [-0.15, -0.1) is 0 Å². The van der Waals surface area contributed by atoms with E-state index in [2.05, 4.69) is 6.92 Å². The van der Waals surface area contributed by atoms with Gasteiger partial charge in [0, 0.05) is 18.9 Å². The van der Waals surface area contributed by atoms with Crippen molar-refractivity contribution < 1.29 is 19.1 Å². The number of unbranched alkanes of at least 4 members (excludes halogenated alkanes) is 7. The first-order valence-corrected chi connectivity index (χ1v) is 9.68. The molecule has 5 nitrogen and oxygen atoms in total. The average Bonchev–Trinajstić information content (AvgIpc) is 3.02. The summed E-state index contributed by atoms with van der Waals surface area (Å²) >= 11 is 0. The normalized spacial score (nSPS) is 10.7. The number of hydrogen-bond acceptors (Lipinski definition) is 4. The van der Waals surface area contributed by atoms with Crippen molar-refractivity contribution in [1.82, 2.24) is 4.57 Å². The first-order chi connectivity index (χ1) is 12.1. The molecule has 0 radical (unpaired) electrons. The summed E-state index contributed by atoms with van der Waals surface area (Å²) in [6.45, 7) is 7.08. The lowest BCUT2D eigenvalue weighted by molar-refractivity contribution is 0.0480. The maximum absolute atomic E-state index is 12.0. The van der Waals surface area contributed by atoms with Crippen LogP contribution in [0.15, 0.2) is 12.4 Å². The van der Waals surface area contributed by atoms with E-state index in [0.29, 0.717) is 11.1 Å². The molecule has 0 aromatic carbocycles. The molecule has 0 aliphatic rings. The van der Waals surface area contributed by atoms with Crippen LogP contribution in [0, 0.1) is 0 Å². The highest BCUT2D eigenvalue weighted by Crippen LogP contribution is 2.16. The van der Waals surface area contributed by atoms with E-state index in [1.807, 2.05) is 4.57 Å². The third-order valence-corrected chi connectivity index (χ3v) is 4.14. The van der Waals surface area contributed by atoms with Crippen LogP contribution in [0.3, 0.4) is 0 Å². The van der Waals surface area contributed by atoms with Gasteiger partial charge in [0.2, 0.25) is 0 Å². The molecule has 1 heterocycles. The highest BCUT2D eigenvalue weighted by Gasteiger charge is 2.21. The molecule has 0 saturated heterocycles. The van der Waals surface area contributed by atoms with E-state index in [4.69, 9.17) is 9.47 Å². The monoisotopic (exact) mass is 351 g/mol. The molecule has 0 N–H and O–H groups in total. The Labute approximate surface area is 151 Å². The highest BCUT2D eigenvalue weighted by molar-refractivity contribution is 6.03. The van der Waals surface area contributed by atoms with Crippen molar-refractivity contribution in [2.75, 3.05) is 13.2 Å². The lowest BCUT2D eigenvalue weighted by Crippen LogP contribution is -2.11. The van der Waals surface area contributed by atoms with Gasteiger partial charge in [0.05, 0.1) is 24.3 Å². The Morgan fingerprint density at radius 1 is 0.760 bits per heavy atom. The second-order valence-electron chi connectivity index (χ2n) is 6.24. The number of aryl methyl sites for hydroxylation is 1. The number of carbonyl (C=O) groups is 2. The molecular weight excluding hydrogens is 318 g/mol. The fraction of sp³-hybridized carbons (Fsp3) is 0.700.